The lowest BCUT2D eigenvalue weighted by Crippen LogP contribution is -2.29. The van der Waals surface area contributed by atoms with E-state index in [1.165, 1.54) is 10.6 Å². The Morgan fingerprint density at radius 3 is 2.96 bits per heavy atom. The molecule has 0 bridgehead atoms. The second kappa shape index (κ2) is 7.85. The van der Waals surface area contributed by atoms with Crippen LogP contribution in [-0.2, 0) is 11.3 Å². The molecule has 1 aliphatic rings. The molecule has 1 heterocycles. The molecule has 0 saturated heterocycles. The number of benzene rings is 1. The molecule has 0 radical (unpaired) electrons. The largest absolute Gasteiger partial charge is 0.380 e. The summed E-state index contributed by atoms with van der Waals surface area (Å²) < 4.78 is 6.77. The van der Waals surface area contributed by atoms with Gasteiger partial charge in [-0.1, -0.05) is 23.7 Å². The fraction of sp³-hybridized carbons (Fsp3) is 0.368. The van der Waals surface area contributed by atoms with Crippen LogP contribution in [0.2, 0.25) is 5.02 Å². The van der Waals surface area contributed by atoms with Gasteiger partial charge >= 0.3 is 0 Å². The zero-order valence-corrected chi connectivity index (χ0v) is 14.8. The number of nitrogens with zero attached hydrogens (tertiary/aromatic N) is 1. The van der Waals surface area contributed by atoms with Crippen LogP contribution in [-0.4, -0.2) is 29.7 Å². The van der Waals surface area contributed by atoms with Crippen LogP contribution in [0.4, 0.5) is 0 Å². The van der Waals surface area contributed by atoms with Crippen LogP contribution in [0.15, 0.2) is 47.4 Å². The van der Waals surface area contributed by atoms with Gasteiger partial charge in [0.1, 0.15) is 0 Å². The molecule has 3 rings (SSSR count). The first kappa shape index (κ1) is 17.7. The molecule has 5 nitrogen and oxygen atoms in total. The highest BCUT2D eigenvalue weighted by Gasteiger charge is 2.39. The van der Waals surface area contributed by atoms with Gasteiger partial charge in [0.15, 0.2) is 0 Å². The summed E-state index contributed by atoms with van der Waals surface area (Å²) in [4.78, 5) is 24.3. The van der Waals surface area contributed by atoms with Gasteiger partial charge in [-0.3, -0.25) is 9.59 Å². The van der Waals surface area contributed by atoms with Gasteiger partial charge in [0.25, 0.3) is 11.5 Å². The van der Waals surface area contributed by atoms with Gasteiger partial charge in [0, 0.05) is 42.4 Å². The smallest absolute Gasteiger partial charge is 0.253 e. The summed E-state index contributed by atoms with van der Waals surface area (Å²) in [6.45, 7) is 3.38. The predicted octanol–water partition coefficient (Wildman–Crippen LogP) is 2.82. The van der Waals surface area contributed by atoms with E-state index < -0.39 is 0 Å². The SMILES string of the molecule is CCOCCn1cc(C(=O)N[C@H]2C[C@@H]2c2cccc(Cl)c2)ccc1=O. The van der Waals surface area contributed by atoms with Crippen LogP contribution in [0.1, 0.15) is 35.2 Å². The van der Waals surface area contributed by atoms with E-state index in [4.69, 9.17) is 16.3 Å². The predicted molar refractivity (Wildman–Crippen MR) is 97.3 cm³/mol. The normalized spacial score (nSPS) is 18.8. The van der Waals surface area contributed by atoms with Crippen molar-refractivity contribution in [1.29, 1.82) is 0 Å². The molecule has 1 aliphatic carbocycles. The first-order chi connectivity index (χ1) is 12.1. The lowest BCUT2D eigenvalue weighted by molar-refractivity contribution is 0.0948. The number of hydrogen-bond donors (Lipinski definition) is 1. The maximum absolute atomic E-state index is 12.4. The molecule has 6 heteroatoms. The molecule has 1 amide bonds. The summed E-state index contributed by atoms with van der Waals surface area (Å²) in [7, 11) is 0. The molecule has 2 aromatic rings. The Morgan fingerprint density at radius 2 is 2.20 bits per heavy atom. The van der Waals surface area contributed by atoms with E-state index >= 15 is 0 Å². The quantitative estimate of drug-likeness (QED) is 0.772. The van der Waals surface area contributed by atoms with E-state index in [9.17, 15) is 9.59 Å². The molecule has 132 valence electrons. The van der Waals surface area contributed by atoms with Crippen molar-refractivity contribution in [1.82, 2.24) is 9.88 Å². The third kappa shape index (κ3) is 4.50. The van der Waals surface area contributed by atoms with Crippen LogP contribution < -0.4 is 10.9 Å². The zero-order chi connectivity index (χ0) is 17.8. The third-order valence-electron chi connectivity index (χ3n) is 4.31. The molecular weight excluding hydrogens is 340 g/mol. The van der Waals surface area contributed by atoms with Crippen LogP contribution in [0.3, 0.4) is 0 Å². The number of hydrogen-bond acceptors (Lipinski definition) is 3. The number of amides is 1. The Kier molecular flexibility index (Phi) is 5.56. The lowest BCUT2D eigenvalue weighted by Gasteiger charge is -2.09. The number of aromatic nitrogens is 1. The average Bonchev–Trinajstić information content (AvgIpc) is 3.36. The zero-order valence-electron chi connectivity index (χ0n) is 14.1. The number of carbonyl (C=O) groups is 1. The molecule has 0 aliphatic heterocycles. The van der Waals surface area contributed by atoms with E-state index in [1.807, 2.05) is 31.2 Å². The number of halogens is 1. The lowest BCUT2D eigenvalue weighted by atomic mass is 10.1. The minimum absolute atomic E-state index is 0.106. The van der Waals surface area contributed by atoms with Gasteiger partial charge in [0.2, 0.25) is 0 Å². The number of ether oxygens (including phenoxy) is 1. The highest BCUT2D eigenvalue weighted by atomic mass is 35.5. The Labute approximate surface area is 151 Å². The first-order valence-corrected chi connectivity index (χ1v) is 8.81. The number of nitrogens with one attached hydrogen (secondary N) is 1. The van der Waals surface area contributed by atoms with Crippen LogP contribution in [0.25, 0.3) is 0 Å². The molecule has 25 heavy (non-hydrogen) atoms. The summed E-state index contributed by atoms with van der Waals surface area (Å²) >= 11 is 6.02. The van der Waals surface area contributed by atoms with E-state index in [0.29, 0.717) is 36.3 Å². The first-order valence-electron chi connectivity index (χ1n) is 8.43. The molecule has 2 atom stereocenters. The Bertz CT molecular complexity index is 818. The van der Waals surface area contributed by atoms with Crippen LogP contribution in [0.5, 0.6) is 0 Å². The Hall–Kier alpha value is -2.11. The second-order valence-corrected chi connectivity index (χ2v) is 6.56. The van der Waals surface area contributed by atoms with E-state index in [0.717, 1.165) is 12.0 Å². The van der Waals surface area contributed by atoms with Crippen molar-refractivity contribution < 1.29 is 9.53 Å². The van der Waals surface area contributed by atoms with Gasteiger partial charge in [-0.15, -0.1) is 0 Å². The van der Waals surface area contributed by atoms with Crippen LogP contribution >= 0.6 is 11.6 Å². The van der Waals surface area contributed by atoms with Crippen molar-refractivity contribution in [2.45, 2.75) is 31.8 Å². The highest BCUT2D eigenvalue weighted by Crippen LogP contribution is 2.41. The van der Waals surface area contributed by atoms with Crippen molar-refractivity contribution in [2.24, 2.45) is 0 Å². The molecule has 1 aromatic carbocycles. The summed E-state index contributed by atoms with van der Waals surface area (Å²) in [5.41, 5.74) is 1.48. The number of carbonyl (C=O) groups excluding carboxylic acids is 1. The summed E-state index contributed by atoms with van der Waals surface area (Å²) in [5.74, 6) is 0.131. The minimum atomic E-state index is -0.167. The van der Waals surface area contributed by atoms with Crippen molar-refractivity contribution in [3.8, 4) is 0 Å². The number of pyridine rings is 1. The molecular formula is C19H21ClN2O3. The van der Waals surface area contributed by atoms with Crippen molar-refractivity contribution in [3.63, 3.8) is 0 Å². The maximum Gasteiger partial charge on any atom is 0.253 e. The van der Waals surface area contributed by atoms with E-state index in [-0.39, 0.29) is 17.5 Å². The Balaban J connectivity index is 1.62. The number of rotatable bonds is 7. The molecule has 1 fully saturated rings. The van der Waals surface area contributed by atoms with Gasteiger partial charge in [-0.25, -0.2) is 0 Å². The van der Waals surface area contributed by atoms with Gasteiger partial charge in [0.05, 0.1) is 12.2 Å². The topological polar surface area (TPSA) is 60.3 Å². The van der Waals surface area contributed by atoms with E-state index in [2.05, 4.69) is 5.32 Å². The van der Waals surface area contributed by atoms with Gasteiger partial charge in [-0.2, -0.15) is 0 Å². The molecule has 1 N–H and O–H groups in total. The molecule has 1 aromatic heterocycles. The summed E-state index contributed by atoms with van der Waals surface area (Å²) in [5, 5.41) is 3.73. The monoisotopic (exact) mass is 360 g/mol. The van der Waals surface area contributed by atoms with Gasteiger partial charge in [-0.05, 0) is 37.1 Å². The Morgan fingerprint density at radius 1 is 1.36 bits per heavy atom. The second-order valence-electron chi connectivity index (χ2n) is 6.12. The standard InChI is InChI=1S/C19H21ClN2O3/c1-2-25-9-8-22-12-14(6-7-18(22)23)19(24)21-17-11-16(17)13-4-3-5-15(20)10-13/h3-7,10,12,16-17H,2,8-9,11H2,1H3,(H,21,24)/t16-,17+/m1/s1. The van der Waals surface area contributed by atoms with Gasteiger partial charge < -0.3 is 14.6 Å². The molecule has 0 unspecified atom stereocenters. The average molecular weight is 361 g/mol. The molecule has 0 spiro atoms. The fourth-order valence-corrected chi connectivity index (χ4v) is 3.06. The van der Waals surface area contributed by atoms with E-state index in [1.54, 1.807) is 12.3 Å². The summed E-state index contributed by atoms with van der Waals surface area (Å²) in [6.07, 6.45) is 2.49. The molecule has 1 saturated carbocycles. The fourth-order valence-electron chi connectivity index (χ4n) is 2.86. The van der Waals surface area contributed by atoms with Crippen molar-refractivity contribution >= 4 is 17.5 Å². The third-order valence-corrected chi connectivity index (χ3v) is 4.55. The maximum atomic E-state index is 12.4. The highest BCUT2D eigenvalue weighted by molar-refractivity contribution is 6.30. The minimum Gasteiger partial charge on any atom is -0.380 e. The summed E-state index contributed by atoms with van der Waals surface area (Å²) in [6, 6.07) is 10.8. The van der Waals surface area contributed by atoms with Crippen molar-refractivity contribution in [3.05, 3.63) is 69.1 Å². The van der Waals surface area contributed by atoms with Crippen molar-refractivity contribution in [2.75, 3.05) is 13.2 Å². The van der Waals surface area contributed by atoms with Crippen LogP contribution in [0, 0.1) is 0 Å².